The summed E-state index contributed by atoms with van der Waals surface area (Å²) in [6.07, 6.45) is -0.175. The Kier molecular flexibility index (Phi) is 2.23. The minimum Gasteiger partial charge on any atom is -0.368 e. The lowest BCUT2D eigenvalue weighted by molar-refractivity contribution is -0.160. The lowest BCUT2D eigenvalue weighted by Crippen LogP contribution is -2.66. The number of amides is 1. The summed E-state index contributed by atoms with van der Waals surface area (Å²) in [5, 5.41) is 1.69. The molecule has 2 unspecified atom stereocenters. The molecular weight excluding hydrogens is 193 g/mol. The van der Waals surface area contributed by atoms with Gasteiger partial charge in [-0.3, -0.25) is 4.79 Å². The minimum atomic E-state index is -0.175. The van der Waals surface area contributed by atoms with Crippen molar-refractivity contribution in [2.75, 3.05) is 19.4 Å². The summed E-state index contributed by atoms with van der Waals surface area (Å²) in [4.78, 5) is 13.2. The summed E-state index contributed by atoms with van der Waals surface area (Å²) >= 11 is 1.81. The van der Waals surface area contributed by atoms with Gasteiger partial charge in [0.05, 0.1) is 0 Å². The van der Waals surface area contributed by atoms with Gasteiger partial charge in [0.15, 0.2) is 6.10 Å². The van der Waals surface area contributed by atoms with Gasteiger partial charge in [-0.05, 0) is 0 Å². The molecule has 1 amide bonds. The Morgan fingerprint density at radius 1 is 1.75 bits per heavy atom. The normalized spacial score (nSPS) is 34.9. The molecule has 0 spiro atoms. The standard InChI is InChI=1S/C7H12NO2PS/c1-10-5-6(9)8-2-4(11)3-12-7(5)8/h5,7H,2-3H2,1,11H3/t5?,7-/m1/s1. The van der Waals surface area contributed by atoms with Gasteiger partial charge in [0.1, 0.15) is 5.37 Å². The number of hydrogen-bond acceptors (Lipinski definition) is 3. The van der Waals surface area contributed by atoms with Crippen molar-refractivity contribution < 1.29 is 9.53 Å². The first kappa shape index (κ1) is 8.67. The maximum Gasteiger partial charge on any atom is 0.256 e. The van der Waals surface area contributed by atoms with E-state index in [-0.39, 0.29) is 17.4 Å². The van der Waals surface area contributed by atoms with Crippen LogP contribution in [0.5, 0.6) is 0 Å². The number of nitrogens with zero attached hydrogens (tertiary/aromatic N) is 1. The molecule has 0 aliphatic carbocycles. The number of methoxy groups -OCH3 is 1. The molecule has 68 valence electrons. The number of carbonyl (C=O) groups is 1. The van der Waals surface area contributed by atoms with Crippen LogP contribution >= 0.6 is 20.6 Å². The molecule has 0 aromatic heterocycles. The molecule has 2 fully saturated rings. The van der Waals surface area contributed by atoms with Gasteiger partial charge in [-0.1, -0.05) is 5.29 Å². The number of ether oxygens (including phenoxy) is 1. The van der Waals surface area contributed by atoms with E-state index < -0.39 is 0 Å². The first-order chi connectivity index (χ1) is 5.74. The molecule has 0 N–H and O–H groups in total. The van der Waals surface area contributed by atoms with E-state index in [1.807, 2.05) is 25.5 Å². The van der Waals surface area contributed by atoms with Crippen LogP contribution in [0.2, 0.25) is 0 Å². The van der Waals surface area contributed by atoms with E-state index in [4.69, 9.17) is 4.74 Å². The molecule has 0 radical (unpaired) electrons. The largest absolute Gasteiger partial charge is 0.368 e. The van der Waals surface area contributed by atoms with Crippen molar-refractivity contribution in [2.45, 2.75) is 11.5 Å². The summed E-state index contributed by atoms with van der Waals surface area (Å²) in [5.41, 5.74) is 0. The zero-order valence-electron chi connectivity index (χ0n) is 6.95. The third-order valence-electron chi connectivity index (χ3n) is 2.20. The lowest BCUT2D eigenvalue weighted by atomic mass is 10.1. The molecule has 2 aliphatic heterocycles. The van der Waals surface area contributed by atoms with E-state index in [0.29, 0.717) is 0 Å². The van der Waals surface area contributed by atoms with Crippen molar-refractivity contribution in [3.05, 3.63) is 0 Å². The predicted octanol–water partition coefficient (Wildman–Crippen LogP) is -0.304. The van der Waals surface area contributed by atoms with Crippen LogP contribution in [-0.2, 0) is 9.53 Å². The number of thioether (sulfide) groups is 1. The van der Waals surface area contributed by atoms with Crippen LogP contribution in [0.25, 0.3) is 0 Å². The van der Waals surface area contributed by atoms with E-state index >= 15 is 0 Å². The summed E-state index contributed by atoms with van der Waals surface area (Å²) in [7, 11) is 3.50. The van der Waals surface area contributed by atoms with Gasteiger partial charge in [0.25, 0.3) is 5.91 Å². The Bertz CT molecular complexity index is 246. The fourth-order valence-corrected chi connectivity index (χ4v) is 3.40. The maximum absolute atomic E-state index is 11.3. The monoisotopic (exact) mass is 205 g/mol. The number of β-lactam (4-membered cyclic amide) rings is 1. The predicted molar refractivity (Wildman–Crippen MR) is 54.9 cm³/mol. The van der Waals surface area contributed by atoms with Gasteiger partial charge >= 0.3 is 0 Å². The highest BCUT2D eigenvalue weighted by Crippen LogP contribution is 2.35. The smallest absolute Gasteiger partial charge is 0.256 e. The van der Waals surface area contributed by atoms with Crippen LogP contribution in [0.15, 0.2) is 0 Å². The first-order valence-electron chi connectivity index (χ1n) is 3.85. The van der Waals surface area contributed by atoms with E-state index in [9.17, 15) is 4.79 Å². The van der Waals surface area contributed by atoms with Gasteiger partial charge in [-0.2, -0.15) is 0 Å². The molecule has 0 bridgehead atoms. The van der Waals surface area contributed by atoms with Crippen molar-refractivity contribution in [1.82, 2.24) is 4.90 Å². The second-order valence-electron chi connectivity index (χ2n) is 3.07. The SMILES string of the molecule is COC1C(=O)N2CC(=[PH3])CS[C@H]12. The van der Waals surface area contributed by atoms with Gasteiger partial charge in [0.2, 0.25) is 0 Å². The Hall–Kier alpha value is 0.0800. The molecule has 2 aliphatic rings. The third kappa shape index (κ3) is 1.13. The summed E-state index contributed by atoms with van der Waals surface area (Å²) in [5.74, 6) is 1.23. The van der Waals surface area contributed by atoms with E-state index in [1.54, 1.807) is 7.11 Å². The quantitative estimate of drug-likeness (QED) is 0.434. The van der Waals surface area contributed by atoms with E-state index in [1.165, 1.54) is 5.29 Å². The van der Waals surface area contributed by atoms with Crippen molar-refractivity contribution in [3.8, 4) is 0 Å². The topological polar surface area (TPSA) is 29.5 Å². The molecule has 2 rings (SSSR count). The van der Waals surface area contributed by atoms with Crippen molar-refractivity contribution in [2.24, 2.45) is 0 Å². The molecule has 3 atom stereocenters. The second-order valence-corrected chi connectivity index (χ2v) is 5.18. The number of rotatable bonds is 1. The molecular formula is C7H12NO2PS. The average Bonchev–Trinajstić information content (AvgIpc) is 2.07. The maximum atomic E-state index is 11.3. The van der Waals surface area contributed by atoms with Crippen LogP contribution in [0, 0.1) is 0 Å². The van der Waals surface area contributed by atoms with Gasteiger partial charge in [-0.25, -0.2) is 0 Å². The zero-order valence-corrected chi connectivity index (χ0v) is 9.18. The summed E-state index contributed by atoms with van der Waals surface area (Å²) in [6.45, 7) is 0.842. The molecule has 12 heavy (non-hydrogen) atoms. The Morgan fingerprint density at radius 2 is 2.50 bits per heavy atom. The Labute approximate surface area is 77.7 Å². The molecule has 0 saturated carbocycles. The lowest BCUT2D eigenvalue weighted by Gasteiger charge is -2.48. The fourth-order valence-electron chi connectivity index (χ4n) is 1.54. The second kappa shape index (κ2) is 3.09. The molecule has 2 heterocycles. The Morgan fingerprint density at radius 3 is 3.17 bits per heavy atom. The van der Waals surface area contributed by atoms with Gasteiger partial charge < -0.3 is 9.64 Å². The highest BCUT2D eigenvalue weighted by molar-refractivity contribution is 8.01. The Balaban J connectivity index is 2.06. The minimum absolute atomic E-state index is 0.152. The van der Waals surface area contributed by atoms with Gasteiger partial charge in [0, 0.05) is 19.4 Å². The zero-order chi connectivity index (χ0) is 8.72. The highest BCUT2D eigenvalue weighted by Gasteiger charge is 2.49. The molecule has 5 heteroatoms. The molecule has 0 aromatic carbocycles. The van der Waals surface area contributed by atoms with E-state index in [2.05, 4.69) is 0 Å². The van der Waals surface area contributed by atoms with Crippen LogP contribution < -0.4 is 0 Å². The van der Waals surface area contributed by atoms with Crippen LogP contribution in [0.3, 0.4) is 0 Å². The number of fused-ring (bicyclic) bond motifs is 1. The molecule has 0 aromatic rings. The average molecular weight is 205 g/mol. The molecule has 3 nitrogen and oxygen atoms in total. The molecule has 2 saturated heterocycles. The third-order valence-corrected chi connectivity index (χ3v) is 4.45. The van der Waals surface area contributed by atoms with Crippen molar-refractivity contribution in [1.29, 1.82) is 0 Å². The van der Waals surface area contributed by atoms with Crippen molar-refractivity contribution in [3.63, 3.8) is 0 Å². The van der Waals surface area contributed by atoms with Crippen molar-refractivity contribution >= 4 is 31.8 Å². The number of hydrogen-bond donors (Lipinski definition) is 0. The fraction of sp³-hybridized carbons (Fsp3) is 0.714. The highest BCUT2D eigenvalue weighted by atomic mass is 32.2. The van der Waals surface area contributed by atoms with Crippen LogP contribution in [0.4, 0.5) is 0 Å². The van der Waals surface area contributed by atoms with Crippen LogP contribution in [0.1, 0.15) is 0 Å². The summed E-state index contributed by atoms with van der Waals surface area (Å²) in [6, 6.07) is 0. The number of carbonyl (C=O) groups excluding carboxylic acids is 1. The first-order valence-corrected chi connectivity index (χ1v) is 5.61. The van der Waals surface area contributed by atoms with Gasteiger partial charge in [-0.15, -0.1) is 20.6 Å². The van der Waals surface area contributed by atoms with Crippen LogP contribution in [-0.4, -0.2) is 47.0 Å². The van der Waals surface area contributed by atoms with E-state index in [0.717, 1.165) is 12.3 Å². The summed E-state index contributed by atoms with van der Waals surface area (Å²) < 4.78 is 5.08.